The van der Waals surface area contributed by atoms with E-state index in [4.69, 9.17) is 17.0 Å². The Labute approximate surface area is 217 Å². The minimum absolute atomic E-state index is 0.122. The average Bonchev–Trinajstić information content (AvgIpc) is 3.26. The summed E-state index contributed by atoms with van der Waals surface area (Å²) in [5, 5.41) is 0. The molecular formula is C29H34Cl2Zr. The molecule has 2 fully saturated rings. The fourth-order valence-corrected chi connectivity index (χ4v) is 4.88. The van der Waals surface area contributed by atoms with Crippen LogP contribution >= 0.6 is 17.0 Å². The summed E-state index contributed by atoms with van der Waals surface area (Å²) in [7, 11) is 9.87. The van der Waals surface area contributed by atoms with E-state index < -0.39 is 20.8 Å². The zero-order valence-corrected chi connectivity index (χ0v) is 24.3. The van der Waals surface area contributed by atoms with E-state index in [1.165, 1.54) is 46.7 Å². The van der Waals surface area contributed by atoms with E-state index >= 15 is 0 Å². The van der Waals surface area contributed by atoms with Gasteiger partial charge < -0.3 is 0 Å². The van der Waals surface area contributed by atoms with Crippen molar-refractivity contribution in [2.45, 2.75) is 61.3 Å². The van der Waals surface area contributed by atoms with Crippen LogP contribution < -0.4 is 0 Å². The van der Waals surface area contributed by atoms with Crippen LogP contribution in [0.5, 0.6) is 0 Å². The molecule has 3 heteroatoms. The van der Waals surface area contributed by atoms with Crippen LogP contribution in [0, 0.1) is 71.5 Å². The van der Waals surface area contributed by atoms with Gasteiger partial charge in [-0.2, -0.15) is 0 Å². The van der Waals surface area contributed by atoms with E-state index in [1.807, 2.05) is 0 Å². The van der Waals surface area contributed by atoms with Crippen LogP contribution in [-0.2, 0) is 20.8 Å². The number of allylic oxidation sites excluding steroid dienone is 8. The van der Waals surface area contributed by atoms with Crippen molar-refractivity contribution in [3.63, 3.8) is 0 Å². The molecule has 0 nitrogen and oxygen atoms in total. The van der Waals surface area contributed by atoms with E-state index in [2.05, 4.69) is 104 Å². The average molecular weight is 545 g/mol. The molecule has 4 aliphatic carbocycles. The van der Waals surface area contributed by atoms with Gasteiger partial charge in [-0.1, -0.05) is 96.1 Å². The molecule has 10 radical (unpaired) electrons. The third kappa shape index (κ3) is 5.97. The van der Waals surface area contributed by atoms with Crippen LogP contribution in [0.15, 0.2) is 47.6 Å². The first kappa shape index (κ1) is 27.0. The summed E-state index contributed by atoms with van der Waals surface area (Å²) in [6, 6.07) is 0. The maximum atomic E-state index is 4.93. The van der Waals surface area contributed by atoms with Crippen molar-refractivity contribution < 1.29 is 20.8 Å². The maximum absolute atomic E-state index is 4.93. The number of hydrogen-bond acceptors (Lipinski definition) is 0. The summed E-state index contributed by atoms with van der Waals surface area (Å²) >= 11 is -0.826. The molecule has 0 N–H and O–H groups in total. The summed E-state index contributed by atoms with van der Waals surface area (Å²) in [6.07, 6.45) is 22.9. The van der Waals surface area contributed by atoms with E-state index in [9.17, 15) is 0 Å². The van der Waals surface area contributed by atoms with Crippen LogP contribution in [0.3, 0.4) is 0 Å². The molecule has 0 atom stereocenters. The molecule has 32 heavy (non-hydrogen) atoms. The monoisotopic (exact) mass is 542 g/mol. The molecule has 0 aliphatic heterocycles. The Bertz CT molecular complexity index is 709. The zero-order valence-electron chi connectivity index (χ0n) is 20.4. The van der Waals surface area contributed by atoms with Gasteiger partial charge in [0.2, 0.25) is 0 Å². The van der Waals surface area contributed by atoms with Crippen molar-refractivity contribution in [2.75, 3.05) is 0 Å². The third-order valence-electron chi connectivity index (χ3n) is 6.28. The van der Waals surface area contributed by atoms with Crippen molar-refractivity contribution in [2.24, 2.45) is 10.8 Å². The molecule has 0 amide bonds. The summed E-state index contributed by atoms with van der Waals surface area (Å²) in [6.45, 7) is 16.2. The van der Waals surface area contributed by atoms with Gasteiger partial charge in [-0.05, 0) is 54.8 Å². The van der Waals surface area contributed by atoms with Gasteiger partial charge in [0.25, 0.3) is 0 Å². The predicted molar refractivity (Wildman–Crippen MR) is 136 cm³/mol. The second-order valence-electron chi connectivity index (χ2n) is 10.8. The summed E-state index contributed by atoms with van der Waals surface area (Å²) in [5.41, 5.74) is 3.19. The molecule has 168 valence electrons. The quantitative estimate of drug-likeness (QED) is 0.333. The van der Waals surface area contributed by atoms with Crippen molar-refractivity contribution >= 4 is 17.0 Å². The van der Waals surface area contributed by atoms with Crippen LogP contribution in [0.2, 0.25) is 0 Å². The Morgan fingerprint density at radius 1 is 0.750 bits per heavy atom. The first-order valence-corrected chi connectivity index (χ1v) is 17.6. The van der Waals surface area contributed by atoms with Gasteiger partial charge in [-0.3, -0.25) is 0 Å². The van der Waals surface area contributed by atoms with Crippen LogP contribution in [0.25, 0.3) is 0 Å². The Morgan fingerprint density at radius 2 is 1.22 bits per heavy atom. The molecule has 0 spiro atoms. The Balaban J connectivity index is 0.000000913. The molecule has 0 aromatic carbocycles. The molecule has 4 rings (SSSR count). The van der Waals surface area contributed by atoms with Crippen molar-refractivity contribution in [1.29, 1.82) is 0 Å². The normalized spacial score (nSPS) is 24.2. The van der Waals surface area contributed by atoms with Crippen LogP contribution in [-0.4, -0.2) is 0 Å². The fraction of sp³-hybridized carbons (Fsp3) is 0.379. The fourth-order valence-electron chi connectivity index (χ4n) is 4.88. The minimum atomic E-state index is -0.826. The molecule has 4 aliphatic rings. The predicted octanol–water partition coefficient (Wildman–Crippen LogP) is 8.91. The first-order valence-electron chi connectivity index (χ1n) is 11.3. The van der Waals surface area contributed by atoms with E-state index in [-0.39, 0.29) is 10.8 Å². The molecule has 0 bridgehead atoms. The summed E-state index contributed by atoms with van der Waals surface area (Å²) in [5.74, 6) is 10.2. The van der Waals surface area contributed by atoms with Crippen molar-refractivity contribution in [3.05, 3.63) is 108 Å². The van der Waals surface area contributed by atoms with Gasteiger partial charge in [0.05, 0.1) is 0 Å². The second-order valence-corrected chi connectivity index (χ2v) is 14.5. The second kappa shape index (κ2) is 11.0. The molecular weight excluding hydrogens is 510 g/mol. The Hall–Kier alpha value is 0.423. The molecule has 0 saturated heterocycles. The van der Waals surface area contributed by atoms with E-state index in [0.717, 1.165) is 12.8 Å². The van der Waals surface area contributed by atoms with Crippen LogP contribution in [0.1, 0.15) is 61.3 Å². The van der Waals surface area contributed by atoms with Gasteiger partial charge in [0, 0.05) is 29.6 Å². The van der Waals surface area contributed by atoms with Gasteiger partial charge in [0.15, 0.2) is 0 Å². The van der Waals surface area contributed by atoms with Gasteiger partial charge in [-0.25, -0.2) is 0 Å². The van der Waals surface area contributed by atoms with Crippen molar-refractivity contribution in [1.82, 2.24) is 0 Å². The Morgan fingerprint density at radius 3 is 1.59 bits per heavy atom. The summed E-state index contributed by atoms with van der Waals surface area (Å²) < 4.78 is 0. The number of fused-ring (bicyclic) bond motifs is 3. The van der Waals surface area contributed by atoms with Gasteiger partial charge in [-0.15, -0.1) is 0 Å². The van der Waals surface area contributed by atoms with Gasteiger partial charge in [0.1, 0.15) is 0 Å². The van der Waals surface area contributed by atoms with E-state index in [0.29, 0.717) is 0 Å². The SMILES string of the molecule is C[C]1[CH][CH][C](CC[C]2[C]3[C](C=CC=C3C(C)(C)C)[C]3C=CC=C(C(C)(C)C)[C]32)[CH]1.[Cl][Zr][Cl]. The number of hydrogen-bond donors (Lipinski definition) is 0. The standard InChI is InChI=1S/C29H34.2ClH.Zr/c1-19-14-15-20(18-19)16-17-23-26-21(10-8-12-24(26)28(2,3)4)22-11-9-13-25(27(22)23)29(5,6)7;;;/h8-15,18H,16-17H2,1-7H3;2*1H;/q;;;+2/p-2. The number of rotatable bonds is 3. The van der Waals surface area contributed by atoms with Gasteiger partial charge >= 0.3 is 37.9 Å². The molecule has 0 aromatic rings. The number of halogens is 2. The molecule has 2 saturated carbocycles. The molecule has 0 aromatic heterocycles. The third-order valence-corrected chi connectivity index (χ3v) is 6.28. The molecule has 0 unspecified atom stereocenters. The summed E-state index contributed by atoms with van der Waals surface area (Å²) in [4.78, 5) is 0. The Kier molecular flexibility index (Phi) is 9.29. The van der Waals surface area contributed by atoms with Crippen LogP contribution in [0.4, 0.5) is 0 Å². The first-order chi connectivity index (χ1) is 15.0. The topological polar surface area (TPSA) is 0 Å². The van der Waals surface area contributed by atoms with E-state index in [1.54, 1.807) is 5.92 Å². The molecule has 0 heterocycles. The van der Waals surface area contributed by atoms with Crippen molar-refractivity contribution in [3.8, 4) is 0 Å². The zero-order chi connectivity index (χ0) is 23.7.